The first-order chi connectivity index (χ1) is 4.93. The van der Waals surface area contributed by atoms with Crippen LogP contribution in [0.15, 0.2) is 36.4 Å². The Kier molecular flexibility index (Phi) is 2.75. The molecule has 0 aliphatic rings. The average molecular weight is 132 g/mol. The van der Waals surface area contributed by atoms with Crippen molar-refractivity contribution < 1.29 is 0 Å². The Morgan fingerprint density at radius 2 is 1.90 bits per heavy atom. The Morgan fingerprint density at radius 1 is 1.20 bits per heavy atom. The highest BCUT2D eigenvalue weighted by atomic mass is 13.8. The fraction of sp³-hybridized carbons (Fsp3) is 0.200. The number of hydrogen-bond acceptors (Lipinski definition) is 0. The van der Waals surface area contributed by atoms with Crippen LogP contribution in [0, 0.1) is 0 Å². The van der Waals surface area contributed by atoms with Gasteiger partial charge in [0.05, 0.1) is 0 Å². The molecule has 0 aliphatic carbocycles. The quantitative estimate of drug-likeness (QED) is 0.580. The minimum absolute atomic E-state index is 1.11. The van der Waals surface area contributed by atoms with Crippen molar-refractivity contribution >= 4 is 6.08 Å². The molecule has 0 nitrogen and oxygen atoms in total. The third kappa shape index (κ3) is 2.06. The van der Waals surface area contributed by atoms with Gasteiger partial charge in [0.15, 0.2) is 0 Å². The predicted molar refractivity (Wildman–Crippen MR) is 45.8 cm³/mol. The molecule has 10 heavy (non-hydrogen) atoms. The minimum Gasteiger partial charge on any atom is -0.0842 e. The molecular formula is C10H12. The summed E-state index contributed by atoms with van der Waals surface area (Å²) in [6, 6.07) is 10.3. The lowest BCUT2D eigenvalue weighted by Crippen LogP contribution is -1.66. The molecular weight excluding hydrogens is 120 g/mol. The highest BCUT2D eigenvalue weighted by molar-refractivity contribution is 5.48. The van der Waals surface area contributed by atoms with Gasteiger partial charge in [-0.2, -0.15) is 0 Å². The Bertz CT molecular complexity index is 197. The monoisotopic (exact) mass is 132 g/mol. The molecule has 0 unspecified atom stereocenters. The van der Waals surface area contributed by atoms with Crippen LogP contribution >= 0.6 is 0 Å². The van der Waals surface area contributed by atoms with Gasteiger partial charge in [0.25, 0.3) is 0 Å². The summed E-state index contributed by atoms with van der Waals surface area (Å²) in [5.74, 6) is 0. The predicted octanol–water partition coefficient (Wildman–Crippen LogP) is 3.11. The van der Waals surface area contributed by atoms with Gasteiger partial charge in [0, 0.05) is 0 Å². The van der Waals surface area contributed by atoms with Crippen LogP contribution in [-0.2, 0) is 0 Å². The fourth-order valence-electron chi connectivity index (χ4n) is 0.818. The Hall–Kier alpha value is -1.04. The molecule has 0 aromatic heterocycles. The van der Waals surface area contributed by atoms with E-state index in [1.54, 1.807) is 0 Å². The molecule has 0 radical (unpaired) electrons. The highest BCUT2D eigenvalue weighted by Crippen LogP contribution is 2.00. The van der Waals surface area contributed by atoms with Crippen LogP contribution in [-0.4, -0.2) is 0 Å². The summed E-state index contributed by atoms with van der Waals surface area (Å²) >= 11 is 0. The number of hydrogen-bond donors (Lipinski definition) is 0. The molecule has 0 heterocycles. The Labute approximate surface area is 62.2 Å². The third-order valence-electron chi connectivity index (χ3n) is 1.35. The standard InChI is InChI=1S/C10H12/c1-2-3-7-10-8-5-4-6-9-10/h3-9H,2H2,1H3/b7-3+. The fourth-order valence-corrected chi connectivity index (χ4v) is 0.818. The first-order valence-electron chi connectivity index (χ1n) is 3.65. The molecule has 1 aromatic carbocycles. The molecule has 0 atom stereocenters. The van der Waals surface area contributed by atoms with Crippen molar-refractivity contribution in [2.45, 2.75) is 13.3 Å². The van der Waals surface area contributed by atoms with E-state index in [1.165, 1.54) is 5.56 Å². The van der Waals surface area contributed by atoms with Gasteiger partial charge < -0.3 is 0 Å². The largest absolute Gasteiger partial charge is 0.0842 e. The van der Waals surface area contributed by atoms with Crippen molar-refractivity contribution in [3.63, 3.8) is 0 Å². The molecule has 0 saturated carbocycles. The van der Waals surface area contributed by atoms with Crippen LogP contribution < -0.4 is 0 Å². The van der Waals surface area contributed by atoms with Crippen LogP contribution in [0.25, 0.3) is 6.08 Å². The molecule has 0 amide bonds. The molecule has 0 bridgehead atoms. The normalized spacial score (nSPS) is 10.5. The lowest BCUT2D eigenvalue weighted by molar-refractivity contribution is 1.23. The van der Waals surface area contributed by atoms with Crippen LogP contribution in [0.5, 0.6) is 0 Å². The van der Waals surface area contributed by atoms with Gasteiger partial charge in [-0.3, -0.25) is 0 Å². The topological polar surface area (TPSA) is 0 Å². The van der Waals surface area contributed by atoms with E-state index in [0.29, 0.717) is 0 Å². The molecule has 52 valence electrons. The van der Waals surface area contributed by atoms with Crippen LogP contribution in [0.2, 0.25) is 0 Å². The number of rotatable bonds is 2. The van der Waals surface area contributed by atoms with Gasteiger partial charge in [-0.15, -0.1) is 0 Å². The van der Waals surface area contributed by atoms with E-state index in [-0.39, 0.29) is 0 Å². The Balaban J connectivity index is 2.67. The number of benzene rings is 1. The summed E-state index contributed by atoms with van der Waals surface area (Å²) in [6.45, 7) is 2.14. The summed E-state index contributed by atoms with van der Waals surface area (Å²) in [7, 11) is 0. The lowest BCUT2D eigenvalue weighted by Gasteiger charge is -1.88. The summed E-state index contributed by atoms with van der Waals surface area (Å²) < 4.78 is 0. The van der Waals surface area contributed by atoms with Gasteiger partial charge >= 0.3 is 0 Å². The van der Waals surface area contributed by atoms with Gasteiger partial charge in [0.2, 0.25) is 0 Å². The zero-order valence-corrected chi connectivity index (χ0v) is 6.25. The van der Waals surface area contributed by atoms with Crippen LogP contribution in [0.3, 0.4) is 0 Å². The maximum Gasteiger partial charge on any atom is -0.0260 e. The first kappa shape index (κ1) is 7.07. The zero-order chi connectivity index (χ0) is 7.23. The van der Waals surface area contributed by atoms with E-state index in [1.807, 2.05) is 6.07 Å². The second-order valence-corrected chi connectivity index (χ2v) is 2.22. The van der Waals surface area contributed by atoms with E-state index in [0.717, 1.165) is 6.42 Å². The summed E-state index contributed by atoms with van der Waals surface area (Å²) in [4.78, 5) is 0. The van der Waals surface area contributed by atoms with Crippen molar-refractivity contribution in [1.29, 1.82) is 0 Å². The van der Waals surface area contributed by atoms with Crippen molar-refractivity contribution in [1.82, 2.24) is 0 Å². The van der Waals surface area contributed by atoms with Gasteiger partial charge in [0.1, 0.15) is 0 Å². The summed E-state index contributed by atoms with van der Waals surface area (Å²) in [6.07, 6.45) is 5.41. The van der Waals surface area contributed by atoms with Crippen LogP contribution in [0.1, 0.15) is 18.9 Å². The maximum atomic E-state index is 2.16. The third-order valence-corrected chi connectivity index (χ3v) is 1.35. The van der Waals surface area contributed by atoms with Crippen molar-refractivity contribution in [3.8, 4) is 0 Å². The molecule has 0 aliphatic heterocycles. The molecule has 0 N–H and O–H groups in total. The molecule has 0 fully saturated rings. The molecule has 0 heteroatoms. The summed E-state index contributed by atoms with van der Waals surface area (Å²) in [5, 5.41) is 0. The summed E-state index contributed by atoms with van der Waals surface area (Å²) in [5.41, 5.74) is 1.28. The van der Waals surface area contributed by atoms with E-state index in [4.69, 9.17) is 0 Å². The van der Waals surface area contributed by atoms with Crippen molar-refractivity contribution in [3.05, 3.63) is 42.0 Å². The highest BCUT2D eigenvalue weighted by Gasteiger charge is 1.78. The number of allylic oxidation sites excluding steroid dienone is 1. The molecule has 0 spiro atoms. The lowest BCUT2D eigenvalue weighted by atomic mass is 10.2. The Morgan fingerprint density at radius 3 is 2.50 bits per heavy atom. The van der Waals surface area contributed by atoms with Crippen molar-refractivity contribution in [2.75, 3.05) is 0 Å². The SMILES string of the molecule is CC/C=C/c1ccccc1. The van der Waals surface area contributed by atoms with E-state index < -0.39 is 0 Å². The van der Waals surface area contributed by atoms with Crippen molar-refractivity contribution in [2.24, 2.45) is 0 Å². The second-order valence-electron chi connectivity index (χ2n) is 2.22. The second kappa shape index (κ2) is 3.89. The van der Waals surface area contributed by atoms with E-state index in [2.05, 4.69) is 43.3 Å². The van der Waals surface area contributed by atoms with Gasteiger partial charge in [-0.1, -0.05) is 49.4 Å². The zero-order valence-electron chi connectivity index (χ0n) is 6.25. The first-order valence-corrected chi connectivity index (χ1v) is 3.65. The van der Waals surface area contributed by atoms with Crippen LogP contribution in [0.4, 0.5) is 0 Å². The van der Waals surface area contributed by atoms with E-state index in [9.17, 15) is 0 Å². The maximum absolute atomic E-state index is 2.16. The van der Waals surface area contributed by atoms with Gasteiger partial charge in [-0.25, -0.2) is 0 Å². The minimum atomic E-state index is 1.11. The van der Waals surface area contributed by atoms with E-state index >= 15 is 0 Å². The van der Waals surface area contributed by atoms with Gasteiger partial charge in [-0.05, 0) is 12.0 Å². The molecule has 1 rings (SSSR count). The smallest absolute Gasteiger partial charge is 0.0260 e. The molecule has 0 saturated heterocycles. The molecule has 1 aromatic rings. The average Bonchev–Trinajstić information content (AvgIpc) is 2.03.